The fourth-order valence-corrected chi connectivity index (χ4v) is 1.93. The zero-order valence-electron chi connectivity index (χ0n) is 6.08. The molecule has 0 N–H and O–H groups in total. The molecule has 1 aliphatic heterocycles. The Hall–Kier alpha value is -0.0900. The summed E-state index contributed by atoms with van der Waals surface area (Å²) in [5, 5.41) is 0. The van der Waals surface area contributed by atoms with Gasteiger partial charge in [-0.05, 0) is 19.3 Å². The van der Waals surface area contributed by atoms with E-state index in [4.69, 9.17) is 0 Å². The maximum absolute atomic E-state index is 10.9. The smallest absolute Gasteiger partial charge is 0.211 e. The first kappa shape index (κ1) is 8.01. The van der Waals surface area contributed by atoms with Crippen molar-refractivity contribution in [3.63, 3.8) is 0 Å². The van der Waals surface area contributed by atoms with Crippen LogP contribution in [0.3, 0.4) is 0 Å². The number of rotatable bonds is 1. The van der Waals surface area contributed by atoms with Crippen LogP contribution in [0.1, 0.15) is 12.8 Å². The molecule has 0 aromatic rings. The van der Waals surface area contributed by atoms with Gasteiger partial charge in [0, 0.05) is 13.1 Å². The lowest BCUT2D eigenvalue weighted by atomic mass is 10.2. The third-order valence-electron chi connectivity index (χ3n) is 1.63. The molecule has 3 nitrogen and oxygen atoms in total. The van der Waals surface area contributed by atoms with Gasteiger partial charge in [-0.2, -0.15) is 0 Å². The van der Waals surface area contributed by atoms with E-state index in [-0.39, 0.29) is 0 Å². The summed E-state index contributed by atoms with van der Waals surface area (Å²) in [5.41, 5.74) is 0. The summed E-state index contributed by atoms with van der Waals surface area (Å²) in [7, 11) is -2.91. The van der Waals surface area contributed by atoms with Crippen molar-refractivity contribution in [3.8, 4) is 0 Å². The molecule has 0 spiro atoms. The van der Waals surface area contributed by atoms with Crippen molar-refractivity contribution in [3.05, 3.63) is 6.42 Å². The van der Waals surface area contributed by atoms with Crippen molar-refractivity contribution < 1.29 is 8.42 Å². The SMILES string of the molecule is CS(=O)(=O)N1CC[CH]CC1. The highest BCUT2D eigenvalue weighted by Crippen LogP contribution is 2.10. The van der Waals surface area contributed by atoms with Gasteiger partial charge in [-0.1, -0.05) is 0 Å². The van der Waals surface area contributed by atoms with E-state index < -0.39 is 10.0 Å². The average Bonchev–Trinajstić information content (AvgIpc) is 1.88. The second-order valence-electron chi connectivity index (χ2n) is 2.53. The summed E-state index contributed by atoms with van der Waals surface area (Å²) in [4.78, 5) is 0. The Kier molecular flexibility index (Phi) is 2.31. The molecule has 1 aliphatic rings. The van der Waals surface area contributed by atoms with Gasteiger partial charge in [0.25, 0.3) is 0 Å². The third kappa shape index (κ3) is 1.95. The van der Waals surface area contributed by atoms with E-state index >= 15 is 0 Å². The predicted molar refractivity (Wildman–Crippen MR) is 40.0 cm³/mol. The van der Waals surface area contributed by atoms with Crippen LogP contribution < -0.4 is 0 Å². The number of hydrogen-bond donors (Lipinski definition) is 0. The zero-order chi connectivity index (χ0) is 7.61. The normalized spacial score (nSPS) is 22.9. The topological polar surface area (TPSA) is 37.4 Å². The quantitative estimate of drug-likeness (QED) is 0.554. The molecule has 59 valence electrons. The van der Waals surface area contributed by atoms with E-state index in [0.717, 1.165) is 12.8 Å². The third-order valence-corrected chi connectivity index (χ3v) is 2.94. The first-order valence-corrected chi connectivity index (χ1v) is 5.22. The summed E-state index contributed by atoms with van der Waals surface area (Å²) in [6.45, 7) is 1.33. The molecule has 1 fully saturated rings. The van der Waals surface area contributed by atoms with Crippen LogP contribution in [0.4, 0.5) is 0 Å². The Bertz CT molecular complexity index is 192. The Morgan fingerprint density at radius 3 is 2.10 bits per heavy atom. The maximum Gasteiger partial charge on any atom is 0.211 e. The van der Waals surface area contributed by atoms with Crippen LogP contribution in [-0.2, 0) is 10.0 Å². The minimum absolute atomic E-state index is 0.666. The average molecular weight is 162 g/mol. The highest BCUT2D eigenvalue weighted by Gasteiger charge is 2.18. The Morgan fingerprint density at radius 1 is 1.30 bits per heavy atom. The maximum atomic E-state index is 10.9. The van der Waals surface area contributed by atoms with Gasteiger partial charge < -0.3 is 0 Å². The summed E-state index contributed by atoms with van der Waals surface area (Å²) in [6.07, 6.45) is 5.18. The van der Waals surface area contributed by atoms with E-state index in [1.807, 2.05) is 0 Å². The minimum atomic E-state index is -2.91. The largest absolute Gasteiger partial charge is 0.213 e. The molecule has 0 bridgehead atoms. The minimum Gasteiger partial charge on any atom is -0.213 e. The monoisotopic (exact) mass is 162 g/mol. The Balaban J connectivity index is 2.56. The van der Waals surface area contributed by atoms with Crippen LogP contribution in [0.2, 0.25) is 0 Å². The highest BCUT2D eigenvalue weighted by molar-refractivity contribution is 7.88. The molecule has 0 amide bonds. The summed E-state index contributed by atoms with van der Waals surface area (Å²) < 4.78 is 23.3. The lowest BCUT2D eigenvalue weighted by Crippen LogP contribution is -2.34. The van der Waals surface area contributed by atoms with Gasteiger partial charge in [0.05, 0.1) is 6.26 Å². The van der Waals surface area contributed by atoms with Crippen LogP contribution in [0.15, 0.2) is 0 Å². The Morgan fingerprint density at radius 2 is 1.80 bits per heavy atom. The van der Waals surface area contributed by atoms with Crippen molar-refractivity contribution in [1.82, 2.24) is 4.31 Å². The first-order chi connectivity index (χ1) is 4.61. The molecule has 0 aromatic carbocycles. The van der Waals surface area contributed by atoms with Crippen molar-refractivity contribution in [2.75, 3.05) is 19.3 Å². The molecule has 0 atom stereocenters. The number of hydrogen-bond acceptors (Lipinski definition) is 2. The number of piperidine rings is 1. The highest BCUT2D eigenvalue weighted by atomic mass is 32.2. The van der Waals surface area contributed by atoms with Crippen molar-refractivity contribution in [2.45, 2.75) is 12.8 Å². The van der Waals surface area contributed by atoms with Crippen LogP contribution in [0, 0.1) is 6.42 Å². The molecular formula is C6H12NO2S. The Labute approximate surface area is 62.1 Å². The molecule has 1 radical (unpaired) electrons. The molecule has 0 saturated carbocycles. The fourth-order valence-electron chi connectivity index (χ4n) is 1.06. The van der Waals surface area contributed by atoms with Gasteiger partial charge in [-0.15, -0.1) is 0 Å². The molecule has 1 heterocycles. The van der Waals surface area contributed by atoms with E-state index in [2.05, 4.69) is 6.42 Å². The van der Waals surface area contributed by atoms with Crippen LogP contribution >= 0.6 is 0 Å². The van der Waals surface area contributed by atoms with Crippen molar-refractivity contribution in [2.24, 2.45) is 0 Å². The van der Waals surface area contributed by atoms with E-state index in [9.17, 15) is 8.42 Å². The standard InChI is InChI=1S/C6H12NO2S/c1-10(8,9)7-5-3-2-4-6-7/h2H,3-6H2,1H3. The first-order valence-electron chi connectivity index (χ1n) is 3.37. The lowest BCUT2D eigenvalue weighted by Gasteiger charge is -2.23. The lowest BCUT2D eigenvalue weighted by molar-refractivity contribution is 0.387. The zero-order valence-corrected chi connectivity index (χ0v) is 6.89. The summed E-state index contributed by atoms with van der Waals surface area (Å²) in [6, 6.07) is 0. The second kappa shape index (κ2) is 2.88. The van der Waals surface area contributed by atoms with Crippen molar-refractivity contribution in [1.29, 1.82) is 0 Å². The van der Waals surface area contributed by atoms with Crippen LogP contribution in [0.25, 0.3) is 0 Å². The molecular weight excluding hydrogens is 150 g/mol. The van der Waals surface area contributed by atoms with E-state index in [1.165, 1.54) is 10.6 Å². The number of sulfonamides is 1. The van der Waals surface area contributed by atoms with E-state index in [0.29, 0.717) is 13.1 Å². The molecule has 1 rings (SSSR count). The number of nitrogens with zero attached hydrogens (tertiary/aromatic N) is 1. The van der Waals surface area contributed by atoms with Gasteiger partial charge in [0.15, 0.2) is 0 Å². The molecule has 10 heavy (non-hydrogen) atoms. The van der Waals surface area contributed by atoms with Crippen molar-refractivity contribution >= 4 is 10.0 Å². The molecule has 0 unspecified atom stereocenters. The van der Waals surface area contributed by atoms with E-state index in [1.54, 1.807) is 0 Å². The summed E-state index contributed by atoms with van der Waals surface area (Å²) >= 11 is 0. The molecule has 4 heteroatoms. The molecule has 0 aromatic heterocycles. The van der Waals surface area contributed by atoms with Gasteiger partial charge in [-0.3, -0.25) is 0 Å². The van der Waals surface area contributed by atoms with Crippen LogP contribution in [-0.4, -0.2) is 32.1 Å². The van der Waals surface area contributed by atoms with Gasteiger partial charge >= 0.3 is 0 Å². The van der Waals surface area contributed by atoms with Gasteiger partial charge in [-0.25, -0.2) is 12.7 Å². The fraction of sp³-hybridized carbons (Fsp3) is 0.833. The summed E-state index contributed by atoms with van der Waals surface area (Å²) in [5.74, 6) is 0. The molecule has 1 saturated heterocycles. The van der Waals surface area contributed by atoms with Gasteiger partial charge in [0.2, 0.25) is 10.0 Å². The molecule has 0 aliphatic carbocycles. The second-order valence-corrected chi connectivity index (χ2v) is 4.51. The predicted octanol–water partition coefficient (Wildman–Crippen LogP) is 0.246. The van der Waals surface area contributed by atoms with Crippen LogP contribution in [0.5, 0.6) is 0 Å². The van der Waals surface area contributed by atoms with Gasteiger partial charge in [0.1, 0.15) is 0 Å².